The second-order valence-electron chi connectivity index (χ2n) is 6.14. The van der Waals surface area contributed by atoms with Crippen molar-refractivity contribution in [3.63, 3.8) is 0 Å². The van der Waals surface area contributed by atoms with Gasteiger partial charge in [-0.05, 0) is 42.5 Å². The number of nitrogens with one attached hydrogen (secondary N) is 1. The number of anilines is 1. The number of rotatable bonds is 5. The Morgan fingerprint density at radius 2 is 1.95 bits per heavy atom. The Balaban J connectivity index is 2.18. The molecular weight excluding hydrogens is 248 g/mol. The summed E-state index contributed by atoms with van der Waals surface area (Å²) >= 11 is 0. The van der Waals surface area contributed by atoms with Gasteiger partial charge in [-0.2, -0.15) is 0 Å². The van der Waals surface area contributed by atoms with E-state index in [1.165, 1.54) is 17.7 Å². The summed E-state index contributed by atoms with van der Waals surface area (Å²) in [5.41, 5.74) is 2.52. The molecule has 2 unspecified atom stereocenters. The van der Waals surface area contributed by atoms with Crippen LogP contribution in [-0.4, -0.2) is 26.7 Å². The molecule has 1 aromatic carbocycles. The highest BCUT2D eigenvalue weighted by atomic mass is 16.5. The van der Waals surface area contributed by atoms with E-state index in [2.05, 4.69) is 49.2 Å². The number of ether oxygens (including phenoxy) is 1. The molecule has 1 aliphatic rings. The molecule has 2 rings (SSSR count). The minimum atomic E-state index is 0.755. The maximum absolute atomic E-state index is 5.62. The second-order valence-corrected chi connectivity index (χ2v) is 6.14. The summed E-state index contributed by atoms with van der Waals surface area (Å²) in [7, 11) is 1.77. The van der Waals surface area contributed by atoms with Crippen LogP contribution in [0.4, 0.5) is 5.69 Å². The number of nitrogens with zero attached hydrogens (tertiary/aromatic N) is 1. The van der Waals surface area contributed by atoms with Crippen molar-refractivity contribution in [1.29, 1.82) is 0 Å². The minimum Gasteiger partial charge on any atom is -0.495 e. The number of benzene rings is 1. The van der Waals surface area contributed by atoms with Gasteiger partial charge in [0.2, 0.25) is 0 Å². The molecule has 1 aliphatic heterocycles. The lowest BCUT2D eigenvalue weighted by Gasteiger charge is -2.37. The molecule has 1 N–H and O–H groups in total. The molecule has 1 heterocycles. The zero-order valence-corrected chi connectivity index (χ0v) is 13.3. The van der Waals surface area contributed by atoms with Gasteiger partial charge in [-0.15, -0.1) is 0 Å². The van der Waals surface area contributed by atoms with Gasteiger partial charge in [0.15, 0.2) is 0 Å². The van der Waals surface area contributed by atoms with Crippen LogP contribution < -0.4 is 15.0 Å². The number of piperidine rings is 1. The maximum atomic E-state index is 5.62. The van der Waals surface area contributed by atoms with Gasteiger partial charge in [-0.25, -0.2) is 0 Å². The third kappa shape index (κ3) is 3.66. The first-order chi connectivity index (χ1) is 9.63. The van der Waals surface area contributed by atoms with Gasteiger partial charge in [0, 0.05) is 19.6 Å². The molecule has 3 nitrogen and oxygen atoms in total. The molecule has 1 saturated heterocycles. The summed E-state index contributed by atoms with van der Waals surface area (Å²) in [4.78, 5) is 2.48. The Hall–Kier alpha value is -1.22. The average Bonchev–Trinajstić information content (AvgIpc) is 2.43. The van der Waals surface area contributed by atoms with Gasteiger partial charge in [0.05, 0.1) is 12.8 Å². The highest BCUT2D eigenvalue weighted by Gasteiger charge is 2.23. The predicted molar refractivity (Wildman–Crippen MR) is 85.5 cm³/mol. The fourth-order valence-electron chi connectivity index (χ4n) is 3.22. The van der Waals surface area contributed by atoms with Crippen LogP contribution in [0.15, 0.2) is 18.2 Å². The van der Waals surface area contributed by atoms with Crippen LogP contribution in [0.3, 0.4) is 0 Å². The highest BCUT2D eigenvalue weighted by Crippen LogP contribution is 2.33. The van der Waals surface area contributed by atoms with Crippen LogP contribution in [0.25, 0.3) is 0 Å². The van der Waals surface area contributed by atoms with Gasteiger partial charge < -0.3 is 15.0 Å². The van der Waals surface area contributed by atoms with E-state index in [9.17, 15) is 0 Å². The van der Waals surface area contributed by atoms with Crippen molar-refractivity contribution in [1.82, 2.24) is 5.32 Å². The molecule has 0 amide bonds. The van der Waals surface area contributed by atoms with Crippen molar-refractivity contribution in [3.8, 4) is 5.75 Å². The quantitative estimate of drug-likeness (QED) is 0.893. The van der Waals surface area contributed by atoms with Crippen LogP contribution in [-0.2, 0) is 6.54 Å². The first-order valence-electron chi connectivity index (χ1n) is 7.76. The van der Waals surface area contributed by atoms with Crippen LogP contribution >= 0.6 is 0 Å². The molecule has 0 spiro atoms. The van der Waals surface area contributed by atoms with Crippen molar-refractivity contribution in [2.24, 2.45) is 11.8 Å². The van der Waals surface area contributed by atoms with E-state index >= 15 is 0 Å². The smallest absolute Gasteiger partial charge is 0.142 e. The van der Waals surface area contributed by atoms with Gasteiger partial charge in [0.1, 0.15) is 5.75 Å². The third-order valence-electron chi connectivity index (χ3n) is 4.03. The summed E-state index contributed by atoms with van der Waals surface area (Å²) < 4.78 is 5.62. The fraction of sp³-hybridized carbons (Fsp3) is 0.647. The van der Waals surface area contributed by atoms with E-state index in [1.54, 1.807) is 7.11 Å². The van der Waals surface area contributed by atoms with Crippen LogP contribution in [0.2, 0.25) is 0 Å². The number of hydrogen-bond donors (Lipinski definition) is 1. The van der Waals surface area contributed by atoms with Crippen molar-refractivity contribution in [2.45, 2.75) is 33.7 Å². The highest BCUT2D eigenvalue weighted by molar-refractivity contribution is 5.60. The van der Waals surface area contributed by atoms with E-state index in [0.717, 1.165) is 43.8 Å². The van der Waals surface area contributed by atoms with E-state index in [0.29, 0.717) is 0 Å². The molecule has 0 aromatic heterocycles. The van der Waals surface area contributed by atoms with Crippen LogP contribution in [0.1, 0.15) is 32.8 Å². The Kier molecular flexibility index (Phi) is 5.30. The Bertz CT molecular complexity index is 423. The maximum Gasteiger partial charge on any atom is 0.142 e. The molecule has 1 fully saturated rings. The van der Waals surface area contributed by atoms with Gasteiger partial charge in [0.25, 0.3) is 0 Å². The molecule has 0 saturated carbocycles. The van der Waals surface area contributed by atoms with Gasteiger partial charge in [-0.3, -0.25) is 0 Å². The topological polar surface area (TPSA) is 24.5 Å². The fourth-order valence-corrected chi connectivity index (χ4v) is 3.22. The summed E-state index contributed by atoms with van der Waals surface area (Å²) in [6, 6.07) is 6.60. The lowest BCUT2D eigenvalue weighted by atomic mass is 9.91. The Labute approximate surface area is 123 Å². The van der Waals surface area contributed by atoms with Crippen LogP contribution in [0, 0.1) is 11.8 Å². The van der Waals surface area contributed by atoms with E-state index in [-0.39, 0.29) is 0 Å². The van der Waals surface area contributed by atoms with Gasteiger partial charge in [-0.1, -0.05) is 26.8 Å². The molecule has 1 aromatic rings. The molecule has 112 valence electrons. The van der Waals surface area contributed by atoms with Crippen LogP contribution in [0.5, 0.6) is 5.75 Å². The van der Waals surface area contributed by atoms with Gasteiger partial charge >= 0.3 is 0 Å². The zero-order chi connectivity index (χ0) is 14.5. The van der Waals surface area contributed by atoms with Crippen molar-refractivity contribution in [3.05, 3.63) is 23.8 Å². The standard InChI is InChI=1S/C17H28N2O/c1-5-18-10-15-6-7-16(17(9-15)20-4)19-11-13(2)8-14(3)12-19/h6-7,9,13-14,18H,5,8,10-12H2,1-4H3. The van der Waals surface area contributed by atoms with Crippen molar-refractivity contribution in [2.75, 3.05) is 31.6 Å². The SMILES string of the molecule is CCNCc1ccc(N2CC(C)CC(C)C2)c(OC)c1. The molecule has 0 bridgehead atoms. The van der Waals surface area contributed by atoms with E-state index < -0.39 is 0 Å². The summed E-state index contributed by atoms with van der Waals surface area (Å²) in [6.07, 6.45) is 1.33. The third-order valence-corrected chi connectivity index (χ3v) is 4.03. The predicted octanol–water partition coefficient (Wildman–Crippen LogP) is 3.29. The van der Waals surface area contributed by atoms with Crippen molar-refractivity contribution >= 4 is 5.69 Å². The zero-order valence-electron chi connectivity index (χ0n) is 13.3. The molecule has 2 atom stereocenters. The first-order valence-corrected chi connectivity index (χ1v) is 7.76. The largest absolute Gasteiger partial charge is 0.495 e. The first kappa shape index (κ1) is 15.2. The second kappa shape index (κ2) is 6.98. The van der Waals surface area contributed by atoms with Crippen molar-refractivity contribution < 1.29 is 4.74 Å². The lowest BCUT2D eigenvalue weighted by Crippen LogP contribution is -2.38. The number of methoxy groups -OCH3 is 1. The Morgan fingerprint density at radius 1 is 1.25 bits per heavy atom. The monoisotopic (exact) mass is 276 g/mol. The molecule has 3 heteroatoms. The number of hydrogen-bond acceptors (Lipinski definition) is 3. The Morgan fingerprint density at radius 3 is 2.55 bits per heavy atom. The summed E-state index contributed by atoms with van der Waals surface area (Å²) in [6.45, 7) is 11.0. The normalized spacial score (nSPS) is 22.9. The summed E-state index contributed by atoms with van der Waals surface area (Å²) in [5, 5.41) is 3.36. The van der Waals surface area contributed by atoms with E-state index in [4.69, 9.17) is 4.74 Å². The van der Waals surface area contributed by atoms with E-state index in [1.807, 2.05) is 0 Å². The minimum absolute atomic E-state index is 0.755. The molecule has 20 heavy (non-hydrogen) atoms. The molecule has 0 radical (unpaired) electrons. The molecule has 0 aliphatic carbocycles. The average molecular weight is 276 g/mol. The molecular formula is C17H28N2O. The summed E-state index contributed by atoms with van der Waals surface area (Å²) in [5.74, 6) is 2.51. The lowest BCUT2D eigenvalue weighted by molar-refractivity contribution is 0.351.